The summed E-state index contributed by atoms with van der Waals surface area (Å²) < 4.78 is 41.8. The quantitative estimate of drug-likeness (QED) is 0.603. The van der Waals surface area contributed by atoms with Crippen LogP contribution in [0.1, 0.15) is 18.4 Å². The second-order valence-electron chi connectivity index (χ2n) is 7.04. The van der Waals surface area contributed by atoms with Gasteiger partial charge in [-0.05, 0) is 24.6 Å². The predicted molar refractivity (Wildman–Crippen MR) is 113 cm³/mol. The number of nitrogens with zero attached hydrogens (tertiary/aromatic N) is 2. The second-order valence-corrected chi connectivity index (χ2v) is 8.94. The van der Waals surface area contributed by atoms with Gasteiger partial charge in [0.25, 0.3) is 0 Å². The number of carbonyl (C=O) groups excluding carboxylic acids is 1. The van der Waals surface area contributed by atoms with Crippen molar-refractivity contribution in [1.82, 2.24) is 4.90 Å². The number of methoxy groups -OCH3 is 1. The summed E-state index contributed by atoms with van der Waals surface area (Å²) >= 11 is 0. The van der Waals surface area contributed by atoms with Crippen LogP contribution < -0.4 is 18.5 Å². The van der Waals surface area contributed by atoms with Crippen molar-refractivity contribution in [2.75, 3.05) is 38.1 Å². The van der Waals surface area contributed by atoms with Gasteiger partial charge in [-0.15, -0.1) is 0 Å². The highest BCUT2D eigenvalue weighted by Crippen LogP contribution is 2.36. The molecule has 1 aliphatic rings. The first-order valence-electron chi connectivity index (χ1n) is 9.53. The fourth-order valence-corrected chi connectivity index (χ4v) is 4.23. The monoisotopic (exact) mass is 434 g/mol. The first-order chi connectivity index (χ1) is 14.3. The molecule has 9 heteroatoms. The molecule has 0 atom stereocenters. The average Bonchev–Trinajstić information content (AvgIpc) is 3.18. The summed E-state index contributed by atoms with van der Waals surface area (Å²) in [4.78, 5) is 14.2. The van der Waals surface area contributed by atoms with E-state index >= 15 is 0 Å². The highest BCUT2D eigenvalue weighted by atomic mass is 32.2. The molecule has 2 aromatic carbocycles. The molecule has 1 aliphatic heterocycles. The van der Waals surface area contributed by atoms with Crippen molar-refractivity contribution in [3.05, 3.63) is 48.0 Å². The van der Waals surface area contributed by atoms with Crippen LogP contribution in [0.5, 0.6) is 17.2 Å². The van der Waals surface area contributed by atoms with E-state index in [0.717, 1.165) is 17.6 Å². The predicted octanol–water partition coefficient (Wildman–Crippen LogP) is 2.63. The minimum absolute atomic E-state index is 0.0694. The molecule has 0 fully saturated rings. The van der Waals surface area contributed by atoms with E-state index in [4.69, 9.17) is 14.2 Å². The molecule has 8 nitrogen and oxygen atoms in total. The lowest BCUT2D eigenvalue weighted by Gasteiger charge is -2.23. The Labute approximate surface area is 177 Å². The molecule has 0 aliphatic carbocycles. The molecule has 1 amide bonds. The van der Waals surface area contributed by atoms with Gasteiger partial charge in [0.2, 0.25) is 22.7 Å². The number of sulfonamides is 1. The van der Waals surface area contributed by atoms with Gasteiger partial charge in [-0.2, -0.15) is 0 Å². The molecule has 0 N–H and O–H groups in total. The molecular weight excluding hydrogens is 408 g/mol. The number of hydrogen-bond acceptors (Lipinski definition) is 6. The fourth-order valence-electron chi connectivity index (χ4n) is 3.27. The maximum absolute atomic E-state index is 12.5. The second kappa shape index (κ2) is 9.25. The van der Waals surface area contributed by atoms with Gasteiger partial charge in [0.15, 0.2) is 11.5 Å². The van der Waals surface area contributed by atoms with E-state index in [1.807, 2.05) is 24.3 Å². The van der Waals surface area contributed by atoms with E-state index in [0.29, 0.717) is 30.2 Å². The van der Waals surface area contributed by atoms with E-state index in [1.54, 1.807) is 37.3 Å². The van der Waals surface area contributed by atoms with Gasteiger partial charge in [-0.25, -0.2) is 8.42 Å². The zero-order valence-corrected chi connectivity index (χ0v) is 18.1. The summed E-state index contributed by atoms with van der Waals surface area (Å²) in [6.07, 6.45) is 1.76. The van der Waals surface area contributed by atoms with E-state index in [9.17, 15) is 13.2 Å². The highest BCUT2D eigenvalue weighted by molar-refractivity contribution is 7.92. The molecule has 3 rings (SSSR count). The van der Waals surface area contributed by atoms with Crippen molar-refractivity contribution in [2.45, 2.75) is 19.4 Å². The van der Waals surface area contributed by atoms with Crippen LogP contribution in [0.3, 0.4) is 0 Å². The van der Waals surface area contributed by atoms with Gasteiger partial charge < -0.3 is 19.1 Å². The Balaban J connectivity index is 1.60. The van der Waals surface area contributed by atoms with Gasteiger partial charge in [-0.1, -0.05) is 18.2 Å². The molecule has 30 heavy (non-hydrogen) atoms. The molecule has 0 saturated heterocycles. The smallest absolute Gasteiger partial charge is 0.232 e. The Morgan fingerprint density at radius 2 is 1.87 bits per heavy atom. The molecule has 0 saturated carbocycles. The third-order valence-electron chi connectivity index (χ3n) is 4.82. The molecule has 1 heterocycles. The van der Waals surface area contributed by atoms with Gasteiger partial charge in [-0.3, -0.25) is 9.10 Å². The van der Waals surface area contributed by atoms with Gasteiger partial charge in [0.1, 0.15) is 5.75 Å². The average molecular weight is 435 g/mol. The lowest BCUT2D eigenvalue weighted by atomic mass is 10.2. The minimum Gasteiger partial charge on any atom is -0.496 e. The minimum atomic E-state index is -3.52. The first-order valence-corrected chi connectivity index (χ1v) is 11.4. The third-order valence-corrected chi connectivity index (χ3v) is 6.02. The number of benzene rings is 2. The third kappa shape index (κ3) is 5.15. The van der Waals surface area contributed by atoms with Crippen molar-refractivity contribution < 1.29 is 27.4 Å². The summed E-state index contributed by atoms with van der Waals surface area (Å²) in [6, 6.07) is 12.5. The SMILES string of the molecule is COc1ccccc1CN(C)C(=O)CCCN(c1ccc2c(c1)OCO2)S(C)(=O)=O. The van der Waals surface area contributed by atoms with Crippen LogP contribution in [0.2, 0.25) is 0 Å². The number of anilines is 1. The zero-order valence-electron chi connectivity index (χ0n) is 17.3. The van der Waals surface area contributed by atoms with Crippen LogP contribution in [0.25, 0.3) is 0 Å². The van der Waals surface area contributed by atoms with E-state index in [-0.39, 0.29) is 25.7 Å². The van der Waals surface area contributed by atoms with Crippen LogP contribution in [0.4, 0.5) is 5.69 Å². The number of para-hydroxylation sites is 1. The molecule has 0 bridgehead atoms. The molecule has 162 valence electrons. The number of carbonyl (C=O) groups is 1. The number of rotatable bonds is 9. The van der Waals surface area contributed by atoms with Crippen molar-refractivity contribution >= 4 is 21.6 Å². The highest BCUT2D eigenvalue weighted by Gasteiger charge is 2.22. The molecule has 2 aromatic rings. The lowest BCUT2D eigenvalue weighted by molar-refractivity contribution is -0.130. The van der Waals surface area contributed by atoms with Crippen LogP contribution in [0, 0.1) is 0 Å². The largest absolute Gasteiger partial charge is 0.496 e. The Kier molecular flexibility index (Phi) is 6.71. The molecule has 0 unspecified atom stereocenters. The summed E-state index contributed by atoms with van der Waals surface area (Å²) in [5.74, 6) is 1.75. The van der Waals surface area contributed by atoms with Gasteiger partial charge in [0.05, 0.1) is 19.1 Å². The maximum atomic E-state index is 12.5. The van der Waals surface area contributed by atoms with Gasteiger partial charge in [0, 0.05) is 38.2 Å². The maximum Gasteiger partial charge on any atom is 0.232 e. The Morgan fingerprint density at radius 1 is 1.13 bits per heavy atom. The standard InChI is InChI=1S/C21H26N2O6S/c1-22(14-16-7-4-5-8-18(16)27-2)21(24)9-6-12-23(30(3,25)26)17-10-11-19-20(13-17)29-15-28-19/h4-5,7-8,10-11,13H,6,9,12,14-15H2,1-3H3. The van der Waals surface area contributed by atoms with Gasteiger partial charge >= 0.3 is 0 Å². The van der Waals surface area contributed by atoms with Crippen LogP contribution in [0.15, 0.2) is 42.5 Å². The summed E-state index contributed by atoms with van der Waals surface area (Å²) in [7, 11) is -0.199. The van der Waals surface area contributed by atoms with E-state index in [2.05, 4.69) is 0 Å². The topological polar surface area (TPSA) is 85.4 Å². The summed E-state index contributed by atoms with van der Waals surface area (Å²) in [6.45, 7) is 0.720. The Hall–Kier alpha value is -2.94. The van der Waals surface area contributed by atoms with Crippen molar-refractivity contribution in [3.63, 3.8) is 0 Å². The van der Waals surface area contributed by atoms with Crippen molar-refractivity contribution in [2.24, 2.45) is 0 Å². The normalized spacial score (nSPS) is 12.5. The molecule has 0 spiro atoms. The summed E-state index contributed by atoms with van der Waals surface area (Å²) in [5, 5.41) is 0. The Bertz CT molecular complexity index is 1010. The van der Waals surface area contributed by atoms with Crippen molar-refractivity contribution in [1.29, 1.82) is 0 Å². The van der Waals surface area contributed by atoms with Crippen LogP contribution in [-0.4, -0.2) is 53.0 Å². The number of ether oxygens (including phenoxy) is 3. The number of amides is 1. The molecule has 0 radical (unpaired) electrons. The zero-order chi connectivity index (χ0) is 21.7. The first kappa shape index (κ1) is 21.8. The number of fused-ring (bicyclic) bond motifs is 1. The molecule has 0 aromatic heterocycles. The summed E-state index contributed by atoms with van der Waals surface area (Å²) in [5.41, 5.74) is 1.39. The van der Waals surface area contributed by atoms with E-state index in [1.165, 1.54) is 4.31 Å². The molecular formula is C21H26N2O6S. The van der Waals surface area contributed by atoms with E-state index < -0.39 is 10.0 Å². The van der Waals surface area contributed by atoms with Crippen LogP contribution in [-0.2, 0) is 21.4 Å². The van der Waals surface area contributed by atoms with Crippen LogP contribution >= 0.6 is 0 Å². The number of hydrogen-bond donors (Lipinski definition) is 0. The fraction of sp³-hybridized carbons (Fsp3) is 0.381. The Morgan fingerprint density at radius 3 is 2.60 bits per heavy atom. The lowest BCUT2D eigenvalue weighted by Crippen LogP contribution is -2.32. The van der Waals surface area contributed by atoms with Crippen molar-refractivity contribution in [3.8, 4) is 17.2 Å².